The molecule has 6 atom stereocenters. The Morgan fingerprint density at radius 1 is 0.552 bits per heavy atom. The second-order valence-electron chi connectivity index (χ2n) is 36.9. The summed E-state index contributed by atoms with van der Waals surface area (Å²) in [5.41, 5.74) is 18.7. The number of carbonyl (C=O) groups excluding carboxylic acids is 4. The van der Waals surface area contributed by atoms with Gasteiger partial charge in [0, 0.05) is 142 Å². The van der Waals surface area contributed by atoms with E-state index in [9.17, 15) is 19.2 Å². The Balaban J connectivity index is 0.000000204. The van der Waals surface area contributed by atoms with Gasteiger partial charge in [-0.15, -0.1) is 12.4 Å². The standard InChI is InChI=1S/C23H24N4O3.C16H20BrN3O3.C15H15BrN2O2.C14H15BrO3.C8H7BrO2.C7H6BNO2.C6H10O2.C5H11NSi.C5H8O2.C4H9N.CH5NO.CH4.ClH/c1-25-18-6-3-5-16(13-18)17-7-8-20-19(14-17)23(26-21(24)27(2)30-23)15-22(29-20)9-4-11-28-12-10-22;1-20-14(18)19-16(23-20)10-15(5-2-7-21-8-6-15)22-13-4-3-11(17)9-12(13)16;16-11-2-3-14-12(8-11)13(18-10-17)9-15(20-14)4-1-6-19-7-5-15;15-10-2-3-13-11(8-10)12(16)9-14(18-13)4-1-6-17-7-5-14;1-5(10)7-4-6(9)2-3-8(7)11;1-9-7-4-2-3-6(5-7)8(10)11;7-6-3-1-2-4-8-5-6;1-5-6-7(2,3)4;6-5-1-3-7-4-2-5;1-2-4-5-3-1;1-2-3;;/h3,5-8,13-14H,4,9-12,15H2,2H3,(H2,24,26);3-4,9H,2,5-8,10H2,1H3,(H2,18,19);2-3,8H,1,4-7,9H2;2-3,8H,1,4-7,9H2;2-4,11H,1H3;2-5,10-11H;1-5H2;1H2,2-4H3;1-4H2;5H,1-4H2;2-3H,1H3;1H4;1H. The fourth-order valence-corrected chi connectivity index (χ4v) is 19.7. The van der Waals surface area contributed by atoms with Crippen molar-refractivity contribution in [1.29, 1.82) is 5.26 Å². The molecule has 40 heteroatoms. The Hall–Kier alpha value is -9.68. The minimum Gasteiger partial charge on any atom is -0.507 e. The number of phenolic OH excluding ortho intramolecular Hbond substituents is 1. The zero-order valence-corrected chi connectivity index (χ0v) is 90.8. The van der Waals surface area contributed by atoms with Crippen LogP contribution in [-0.2, 0) is 59.1 Å². The number of carbonyl (C=O) groups is 4. The van der Waals surface area contributed by atoms with Crippen molar-refractivity contribution in [3.63, 3.8) is 0 Å². The number of rotatable bonds is 4. The van der Waals surface area contributed by atoms with Crippen LogP contribution in [-0.4, -0.2) is 228 Å². The Bertz CT molecular complexity index is 5700. The van der Waals surface area contributed by atoms with E-state index < -0.39 is 32.4 Å². The summed E-state index contributed by atoms with van der Waals surface area (Å²) in [6.45, 7) is 35.9. The molecule has 782 valence electrons. The number of hydrogen-bond donors (Lipinski definition) is 8. The first-order valence-corrected chi connectivity index (χ1v) is 54.6. The first-order valence-electron chi connectivity index (χ1n) is 48.0. The topological polar surface area (TPSA) is 424 Å². The predicted octanol–water partition coefficient (Wildman–Crippen LogP) is 19.4. The van der Waals surface area contributed by atoms with Crippen LogP contribution in [0.4, 0.5) is 11.4 Å². The van der Waals surface area contributed by atoms with Crippen LogP contribution in [0.25, 0.3) is 20.8 Å². The Morgan fingerprint density at radius 2 is 0.993 bits per heavy atom. The second-order valence-corrected chi connectivity index (χ2v) is 45.1. The highest BCUT2D eigenvalue weighted by atomic mass is 79.9. The molecule has 13 heterocycles. The van der Waals surface area contributed by atoms with Crippen molar-refractivity contribution in [3.8, 4) is 46.1 Å². The van der Waals surface area contributed by atoms with Gasteiger partial charge >= 0.3 is 7.12 Å². The van der Waals surface area contributed by atoms with Gasteiger partial charge in [-0.05, 0) is 237 Å². The molecule has 0 aromatic heterocycles. The van der Waals surface area contributed by atoms with Crippen LogP contribution in [0.5, 0.6) is 28.7 Å². The smallest absolute Gasteiger partial charge is 0.487 e. The summed E-state index contributed by atoms with van der Waals surface area (Å²) in [7, 11) is 2.29. The van der Waals surface area contributed by atoms with Crippen molar-refractivity contribution < 1.29 is 96.6 Å². The second kappa shape index (κ2) is 58.9. The molecular weight excluding hydrogens is 2160 g/mol. The summed E-state index contributed by atoms with van der Waals surface area (Å²) in [6.07, 6.45) is 21.8. The molecule has 0 amide bonds. The van der Waals surface area contributed by atoms with Crippen LogP contribution < -0.4 is 46.7 Å². The molecule has 7 aromatic rings. The number of halogens is 5. The van der Waals surface area contributed by atoms with Gasteiger partial charge in [0.25, 0.3) is 0 Å². The fraction of sp³-hybridized carbons (Fsp3) is 0.486. The minimum absolute atomic E-state index is 0. The van der Waals surface area contributed by atoms with Crippen molar-refractivity contribution in [2.24, 2.45) is 31.1 Å². The van der Waals surface area contributed by atoms with E-state index in [1.54, 1.807) is 56.0 Å². The van der Waals surface area contributed by atoms with E-state index in [0.717, 1.165) is 204 Å². The average Bonchev–Trinajstić information content (AvgIpc) is 1.58. The Kier molecular flexibility index (Phi) is 49.0. The monoisotopic (exact) mass is 2290 g/mol. The molecule has 13 aliphatic rings. The lowest BCUT2D eigenvalue weighted by molar-refractivity contribution is -0.206. The molecule has 145 heavy (non-hydrogen) atoms. The molecule has 6 unspecified atom stereocenters. The van der Waals surface area contributed by atoms with Crippen molar-refractivity contribution >= 4 is 155 Å². The van der Waals surface area contributed by atoms with Crippen LogP contribution in [0, 0.1) is 24.6 Å². The van der Waals surface area contributed by atoms with Crippen LogP contribution in [0.2, 0.25) is 19.6 Å². The molecule has 6 spiro atoms. The Morgan fingerprint density at radius 3 is 1.46 bits per heavy atom. The van der Waals surface area contributed by atoms with Gasteiger partial charge in [-0.2, -0.15) is 10.3 Å². The molecule has 33 nitrogen and oxygen atoms in total. The highest BCUT2D eigenvalue weighted by Gasteiger charge is 2.57. The molecule has 13 aliphatic heterocycles. The highest BCUT2D eigenvalue weighted by Crippen LogP contribution is 2.55. The normalized spacial score (nSPS) is 23.4. The third-order valence-corrected chi connectivity index (χ3v) is 27.6. The quantitative estimate of drug-likeness (QED) is 0.0203. The van der Waals surface area contributed by atoms with Crippen LogP contribution >= 0.6 is 76.1 Å². The van der Waals surface area contributed by atoms with Gasteiger partial charge in [0.1, 0.15) is 63.5 Å². The van der Waals surface area contributed by atoms with Gasteiger partial charge in [-0.3, -0.25) is 23.8 Å². The molecule has 0 bridgehead atoms. The number of hydroxylamine groups is 5. The van der Waals surface area contributed by atoms with Crippen LogP contribution in [0.3, 0.4) is 0 Å². The molecule has 7 fully saturated rings. The van der Waals surface area contributed by atoms with Gasteiger partial charge in [0.15, 0.2) is 37.0 Å². The number of nitriles is 1. The van der Waals surface area contributed by atoms with Crippen molar-refractivity contribution in [2.75, 3.05) is 114 Å². The summed E-state index contributed by atoms with van der Waals surface area (Å²) >= 11 is 13.6. The highest BCUT2D eigenvalue weighted by molar-refractivity contribution is 9.11. The molecule has 7 saturated heterocycles. The maximum Gasteiger partial charge on any atom is 0.487 e. The third-order valence-electron chi connectivity index (χ3n) is 24.8. The lowest BCUT2D eigenvalue weighted by Crippen LogP contribution is -2.48. The van der Waals surface area contributed by atoms with Crippen molar-refractivity contribution in [2.45, 2.75) is 216 Å². The van der Waals surface area contributed by atoms with E-state index in [1.165, 1.54) is 62.2 Å². The number of nitrogens with two attached hydrogens (primary N) is 2. The lowest BCUT2D eigenvalue weighted by Gasteiger charge is -2.44. The number of nitrogens with zero attached hydrogens (tertiary/aromatic N) is 9. The van der Waals surface area contributed by atoms with E-state index in [0.29, 0.717) is 130 Å². The summed E-state index contributed by atoms with van der Waals surface area (Å²) in [5, 5.41) is 49.1. The summed E-state index contributed by atoms with van der Waals surface area (Å²) in [4.78, 5) is 76.6. The van der Waals surface area contributed by atoms with Gasteiger partial charge in [-0.25, -0.2) is 45.0 Å². The van der Waals surface area contributed by atoms with Crippen molar-refractivity contribution in [1.82, 2.24) is 20.9 Å². The number of ether oxygens (including phenoxy) is 10. The Labute approximate surface area is 892 Å². The summed E-state index contributed by atoms with van der Waals surface area (Å²) in [5.74, 6) is 7.06. The SMILES string of the molecule is C.C1CCNC1.C=C=N[Si](C)(C)C.CC(=O)c1cc(Br)ccc1O.CN1OC2(CC3(CCCOCC3)Oc3ccc(Br)cc32)N=C1N.CNO.Cl.N#CN=C1CC2(CCCOCC2)Oc2ccc(Br)cc21.O=C1CC2(CCCOCC2)Oc2ccc(Br)cc21.O=C1CCCCOC1.O=C1CCOCC1.[C-]#[N+]c1cccc(-c2ccc3c(c2)C2(CC4(CCCOCC4)O3)N=C(N)N(C)O2)c1.[C-]#[N+]c1cccc(B(O)O)c1. The molecule has 7 aromatic carbocycles. The summed E-state index contributed by atoms with van der Waals surface area (Å²) in [6, 6.07) is 42.1. The number of fused-ring (bicyclic) bond motifs is 6. The van der Waals surface area contributed by atoms with Gasteiger partial charge in [0.2, 0.25) is 29.6 Å². The predicted molar refractivity (Wildman–Crippen MR) is 578 cm³/mol. The maximum atomic E-state index is 12.3. The first-order chi connectivity index (χ1) is 68.6. The maximum absolute atomic E-state index is 12.3. The number of nitrogens with one attached hydrogen (secondary N) is 2. The zero-order valence-electron chi connectivity index (χ0n) is 82.6. The zero-order chi connectivity index (χ0) is 103. The number of guanidine groups is 2. The van der Waals surface area contributed by atoms with Crippen LogP contribution in [0.1, 0.15) is 199 Å². The third kappa shape index (κ3) is 36.4. The fourth-order valence-electron chi connectivity index (χ4n) is 17.8. The van der Waals surface area contributed by atoms with Gasteiger partial charge < -0.3 is 84.5 Å². The number of aromatic hydroxyl groups is 1. The van der Waals surface area contributed by atoms with Gasteiger partial charge in [0.05, 0.1) is 87.2 Å². The van der Waals surface area contributed by atoms with E-state index >= 15 is 0 Å². The number of phenols is 1. The van der Waals surface area contributed by atoms with E-state index in [2.05, 4.69) is 125 Å². The number of hydrogen-bond acceptors (Lipinski definition) is 31. The van der Waals surface area contributed by atoms with E-state index in [4.69, 9.17) is 112 Å². The largest absolute Gasteiger partial charge is 0.507 e. The molecular formula is C105H135BBr4ClN13O20Si. The number of benzene rings is 7. The molecule has 0 saturated carbocycles. The van der Waals surface area contributed by atoms with Gasteiger partial charge in [-0.1, -0.05) is 120 Å². The van der Waals surface area contributed by atoms with E-state index in [1.807, 2.05) is 97.2 Å². The lowest BCUT2D eigenvalue weighted by atomic mass is 9.79. The molecule has 0 radical (unpaired) electrons. The van der Waals surface area contributed by atoms with Crippen molar-refractivity contribution in [3.05, 3.63) is 215 Å². The molecule has 0 aliphatic carbocycles. The first kappa shape index (κ1) is 121. The summed E-state index contributed by atoms with van der Waals surface area (Å²) < 4.78 is 65.3. The molecule has 10 N–H and O–H groups in total. The number of ketones is 4. The van der Waals surface area contributed by atoms with Crippen LogP contribution in [0.15, 0.2) is 184 Å². The number of Topliss-reactive ketones (excluding diaryl/α,β-unsaturated/α-hetero) is 4. The molecule has 20 rings (SSSR count). The minimum atomic E-state index is -1.49. The average molecular weight is 2290 g/mol. The van der Waals surface area contributed by atoms with E-state index in [-0.39, 0.29) is 59.7 Å². The number of aliphatic imine (C=N–C) groups is 3.